The van der Waals surface area contributed by atoms with Crippen LogP contribution >= 0.6 is 0 Å². The molecule has 0 unspecified atom stereocenters. The Hall–Kier alpha value is -1.71. The second-order valence-electron chi connectivity index (χ2n) is 5.15. The molecule has 0 heterocycles. The molecule has 0 aliphatic rings. The van der Waals surface area contributed by atoms with Crippen molar-refractivity contribution in [3.63, 3.8) is 0 Å². The first-order chi connectivity index (χ1) is 8.99. The van der Waals surface area contributed by atoms with E-state index in [0.29, 0.717) is 25.6 Å². The highest BCUT2D eigenvalue weighted by molar-refractivity contribution is 5.73. The molecule has 1 aromatic rings. The average molecular weight is 264 g/mol. The van der Waals surface area contributed by atoms with Gasteiger partial charge in [0.05, 0.1) is 6.54 Å². The molecule has 0 radical (unpaired) electrons. The van der Waals surface area contributed by atoms with Gasteiger partial charge in [0, 0.05) is 6.54 Å². The summed E-state index contributed by atoms with van der Waals surface area (Å²) < 4.78 is 5.63. The molecule has 1 rings (SSSR count). The zero-order valence-electron chi connectivity index (χ0n) is 12.2. The molecule has 0 aliphatic carbocycles. The van der Waals surface area contributed by atoms with Crippen LogP contribution in [0, 0.1) is 19.8 Å². The van der Waals surface area contributed by atoms with E-state index in [0.717, 1.165) is 11.3 Å². The van der Waals surface area contributed by atoms with Gasteiger partial charge in [-0.2, -0.15) is 0 Å². The van der Waals surface area contributed by atoms with E-state index in [-0.39, 0.29) is 6.03 Å². The molecule has 0 atom stereocenters. The Balaban J connectivity index is 2.22. The van der Waals surface area contributed by atoms with Crippen LogP contribution < -0.4 is 15.4 Å². The third-order valence-corrected chi connectivity index (χ3v) is 2.65. The van der Waals surface area contributed by atoms with Crippen molar-refractivity contribution in [2.75, 3.05) is 19.7 Å². The van der Waals surface area contributed by atoms with Gasteiger partial charge in [0.25, 0.3) is 0 Å². The second-order valence-corrected chi connectivity index (χ2v) is 5.15. The second kappa shape index (κ2) is 7.67. The molecule has 0 fully saturated rings. The van der Waals surface area contributed by atoms with Gasteiger partial charge in [-0.25, -0.2) is 4.79 Å². The third-order valence-electron chi connectivity index (χ3n) is 2.65. The van der Waals surface area contributed by atoms with Crippen molar-refractivity contribution >= 4 is 6.03 Å². The lowest BCUT2D eigenvalue weighted by molar-refractivity contribution is 0.235. The van der Waals surface area contributed by atoms with Crippen LogP contribution in [0.5, 0.6) is 5.75 Å². The first kappa shape index (κ1) is 15.3. The lowest BCUT2D eigenvalue weighted by atomic mass is 10.1. The summed E-state index contributed by atoms with van der Waals surface area (Å²) in [6.45, 7) is 9.84. The number of hydrogen-bond acceptors (Lipinski definition) is 2. The van der Waals surface area contributed by atoms with Crippen molar-refractivity contribution in [1.82, 2.24) is 10.6 Å². The fourth-order valence-electron chi connectivity index (χ4n) is 1.65. The molecule has 4 heteroatoms. The predicted octanol–water partition coefficient (Wildman–Crippen LogP) is 2.64. The van der Waals surface area contributed by atoms with Crippen LogP contribution in [0.15, 0.2) is 18.2 Å². The van der Waals surface area contributed by atoms with E-state index >= 15 is 0 Å². The number of urea groups is 1. The number of amides is 2. The Bertz CT molecular complexity index is 417. The molecule has 2 N–H and O–H groups in total. The summed E-state index contributed by atoms with van der Waals surface area (Å²) in [5.41, 5.74) is 2.33. The maximum absolute atomic E-state index is 11.4. The summed E-state index contributed by atoms with van der Waals surface area (Å²) in [6.07, 6.45) is 0. The first-order valence-electron chi connectivity index (χ1n) is 6.71. The maximum Gasteiger partial charge on any atom is 0.314 e. The number of hydrogen-bond donors (Lipinski definition) is 2. The van der Waals surface area contributed by atoms with Crippen LogP contribution in [0.2, 0.25) is 0 Å². The van der Waals surface area contributed by atoms with Gasteiger partial charge in [0.15, 0.2) is 0 Å². The van der Waals surface area contributed by atoms with E-state index < -0.39 is 0 Å². The van der Waals surface area contributed by atoms with Gasteiger partial charge < -0.3 is 15.4 Å². The van der Waals surface area contributed by atoms with E-state index in [4.69, 9.17) is 4.74 Å². The monoisotopic (exact) mass is 264 g/mol. The number of carbonyl (C=O) groups excluding carboxylic acids is 1. The number of ether oxygens (including phenoxy) is 1. The minimum atomic E-state index is -0.141. The molecule has 106 valence electrons. The van der Waals surface area contributed by atoms with E-state index in [1.165, 1.54) is 5.56 Å². The molecule has 0 aliphatic heterocycles. The zero-order valence-corrected chi connectivity index (χ0v) is 12.2. The highest BCUT2D eigenvalue weighted by Crippen LogP contribution is 2.18. The van der Waals surface area contributed by atoms with E-state index in [9.17, 15) is 4.79 Å². The summed E-state index contributed by atoms with van der Waals surface area (Å²) in [5.74, 6) is 1.33. The van der Waals surface area contributed by atoms with Crippen LogP contribution in [-0.2, 0) is 0 Å². The van der Waals surface area contributed by atoms with E-state index in [2.05, 4.69) is 37.5 Å². The maximum atomic E-state index is 11.4. The molecular formula is C15H24N2O2. The lowest BCUT2D eigenvalue weighted by Crippen LogP contribution is -2.39. The molecular weight excluding hydrogens is 240 g/mol. The SMILES string of the molecule is Cc1ccc(OCCNC(=O)NCC(C)C)c(C)c1. The number of nitrogens with one attached hydrogen (secondary N) is 2. The largest absolute Gasteiger partial charge is 0.491 e. The Morgan fingerprint density at radius 1 is 1.26 bits per heavy atom. The van der Waals surface area contributed by atoms with Gasteiger partial charge in [-0.15, -0.1) is 0 Å². The molecule has 19 heavy (non-hydrogen) atoms. The Kier molecular flexibility index (Phi) is 6.19. The minimum Gasteiger partial charge on any atom is -0.491 e. The highest BCUT2D eigenvalue weighted by Gasteiger charge is 2.02. The number of aryl methyl sites for hydroxylation is 2. The topological polar surface area (TPSA) is 50.4 Å². The van der Waals surface area contributed by atoms with Gasteiger partial charge in [-0.05, 0) is 31.4 Å². The van der Waals surface area contributed by atoms with Gasteiger partial charge in [-0.1, -0.05) is 31.5 Å². The Morgan fingerprint density at radius 2 is 2.00 bits per heavy atom. The smallest absolute Gasteiger partial charge is 0.314 e. The molecule has 0 saturated carbocycles. The van der Waals surface area contributed by atoms with Gasteiger partial charge >= 0.3 is 6.03 Å². The van der Waals surface area contributed by atoms with Crippen LogP contribution in [0.4, 0.5) is 4.79 Å². The highest BCUT2D eigenvalue weighted by atomic mass is 16.5. The van der Waals surface area contributed by atoms with Crippen LogP contribution in [0.3, 0.4) is 0 Å². The van der Waals surface area contributed by atoms with Crippen molar-refractivity contribution < 1.29 is 9.53 Å². The van der Waals surface area contributed by atoms with Gasteiger partial charge in [-0.3, -0.25) is 0 Å². The number of rotatable bonds is 6. The number of benzene rings is 1. The predicted molar refractivity (Wildman–Crippen MR) is 77.7 cm³/mol. The van der Waals surface area contributed by atoms with Gasteiger partial charge in [0.2, 0.25) is 0 Å². The Labute approximate surface area is 115 Å². The lowest BCUT2D eigenvalue weighted by Gasteiger charge is -2.11. The van der Waals surface area contributed by atoms with Crippen molar-refractivity contribution in [3.05, 3.63) is 29.3 Å². The summed E-state index contributed by atoms with van der Waals surface area (Å²) in [4.78, 5) is 11.4. The van der Waals surface area contributed by atoms with Crippen molar-refractivity contribution in [2.45, 2.75) is 27.7 Å². The van der Waals surface area contributed by atoms with Crippen LogP contribution in [-0.4, -0.2) is 25.7 Å². The molecule has 0 bridgehead atoms. The van der Waals surface area contributed by atoms with Crippen molar-refractivity contribution in [3.8, 4) is 5.75 Å². The molecule has 0 saturated heterocycles. The molecule has 0 spiro atoms. The summed E-state index contributed by atoms with van der Waals surface area (Å²) >= 11 is 0. The standard InChI is InChI=1S/C15H24N2O2/c1-11(2)10-17-15(18)16-7-8-19-14-6-5-12(3)9-13(14)4/h5-6,9,11H,7-8,10H2,1-4H3,(H2,16,17,18). The number of carbonyl (C=O) groups is 1. The van der Waals surface area contributed by atoms with Crippen molar-refractivity contribution in [2.24, 2.45) is 5.92 Å². The van der Waals surface area contributed by atoms with Crippen LogP contribution in [0.1, 0.15) is 25.0 Å². The quantitative estimate of drug-likeness (QED) is 0.776. The summed E-state index contributed by atoms with van der Waals surface area (Å²) in [6, 6.07) is 5.92. The third kappa shape index (κ3) is 6.13. The minimum absolute atomic E-state index is 0.141. The molecule has 1 aromatic carbocycles. The zero-order chi connectivity index (χ0) is 14.3. The molecule has 0 aromatic heterocycles. The fraction of sp³-hybridized carbons (Fsp3) is 0.533. The van der Waals surface area contributed by atoms with E-state index in [1.807, 2.05) is 19.1 Å². The summed E-state index contributed by atoms with van der Waals surface area (Å²) in [5, 5.41) is 5.56. The molecule has 4 nitrogen and oxygen atoms in total. The van der Waals surface area contributed by atoms with E-state index in [1.54, 1.807) is 0 Å². The fourth-order valence-corrected chi connectivity index (χ4v) is 1.65. The first-order valence-corrected chi connectivity index (χ1v) is 6.71. The van der Waals surface area contributed by atoms with Gasteiger partial charge in [0.1, 0.15) is 12.4 Å². The molecule has 2 amide bonds. The average Bonchev–Trinajstić information content (AvgIpc) is 2.34. The normalized spacial score (nSPS) is 10.4. The van der Waals surface area contributed by atoms with Crippen molar-refractivity contribution in [1.29, 1.82) is 0 Å². The Morgan fingerprint density at radius 3 is 2.63 bits per heavy atom. The summed E-state index contributed by atoms with van der Waals surface area (Å²) in [7, 11) is 0. The van der Waals surface area contributed by atoms with Crippen LogP contribution in [0.25, 0.3) is 0 Å².